The monoisotopic (exact) mass is 131 g/mol. The second-order valence-corrected chi connectivity index (χ2v) is 1.36. The first-order valence-electron chi connectivity index (χ1n) is 2.13. The Balaban J connectivity index is 3.25. The third-order valence-electron chi connectivity index (χ3n) is 0.774. The fourth-order valence-corrected chi connectivity index (χ4v) is 0.361. The molecule has 9 heavy (non-hydrogen) atoms. The molecule has 1 heterocycles. The summed E-state index contributed by atoms with van der Waals surface area (Å²) in [5.74, 6) is -2.89. The van der Waals surface area contributed by atoms with E-state index < -0.39 is 17.6 Å². The predicted molar refractivity (Wildman–Crippen MR) is 26.4 cm³/mol. The summed E-state index contributed by atoms with van der Waals surface area (Å²) in [6.07, 6.45) is 0.855. The molecular formula is C4H3F2N3. The van der Waals surface area contributed by atoms with Crippen LogP contribution >= 0.6 is 0 Å². The number of rotatable bonds is 0. The number of nitrogens with two attached hydrogens (primary N) is 1. The maximum absolute atomic E-state index is 12.1. The maximum Gasteiger partial charge on any atom is 0.254 e. The zero-order chi connectivity index (χ0) is 6.85. The lowest BCUT2D eigenvalue weighted by Crippen LogP contribution is -1.99. The van der Waals surface area contributed by atoms with Crippen molar-refractivity contribution in [3.8, 4) is 0 Å². The molecule has 3 nitrogen and oxygen atoms in total. The zero-order valence-corrected chi connectivity index (χ0v) is 4.31. The molecule has 1 rings (SSSR count). The normalized spacial score (nSPS) is 9.56. The number of nitrogens with zero attached hydrogens (tertiary/aromatic N) is 2. The Morgan fingerprint density at radius 3 is 2.44 bits per heavy atom. The van der Waals surface area contributed by atoms with E-state index in [0.29, 0.717) is 0 Å². The lowest BCUT2D eigenvalue weighted by atomic mass is 10.5. The standard InChI is InChI=1S/C4H3F2N3/c5-2-3(6)8-1-9-4(2)7/h1H,(H2,7,8,9). The molecule has 0 saturated carbocycles. The fourth-order valence-electron chi connectivity index (χ4n) is 0.361. The van der Waals surface area contributed by atoms with Gasteiger partial charge < -0.3 is 5.73 Å². The Labute approximate surface area is 49.5 Å². The molecule has 1 aromatic heterocycles. The van der Waals surface area contributed by atoms with Crippen LogP contribution in [0.3, 0.4) is 0 Å². The van der Waals surface area contributed by atoms with Crippen molar-refractivity contribution in [2.24, 2.45) is 0 Å². The number of anilines is 1. The van der Waals surface area contributed by atoms with E-state index >= 15 is 0 Å². The average Bonchev–Trinajstić information content (AvgIpc) is 1.83. The molecule has 0 bridgehead atoms. The molecule has 0 unspecified atom stereocenters. The Bertz CT molecular complexity index is 205. The van der Waals surface area contributed by atoms with E-state index in [9.17, 15) is 8.78 Å². The van der Waals surface area contributed by atoms with Crippen molar-refractivity contribution in [1.29, 1.82) is 0 Å². The highest BCUT2D eigenvalue weighted by Crippen LogP contribution is 2.05. The van der Waals surface area contributed by atoms with E-state index in [1.165, 1.54) is 0 Å². The molecule has 2 N–H and O–H groups in total. The predicted octanol–water partition coefficient (Wildman–Crippen LogP) is 0.337. The Hall–Kier alpha value is -1.26. The third kappa shape index (κ3) is 0.933. The van der Waals surface area contributed by atoms with Crippen molar-refractivity contribution in [1.82, 2.24) is 9.97 Å². The van der Waals surface area contributed by atoms with Crippen molar-refractivity contribution >= 4 is 5.82 Å². The van der Waals surface area contributed by atoms with Crippen LogP contribution in [0.4, 0.5) is 14.6 Å². The number of hydrogen-bond acceptors (Lipinski definition) is 3. The van der Waals surface area contributed by atoms with Gasteiger partial charge in [-0.2, -0.15) is 8.78 Å². The van der Waals surface area contributed by atoms with Crippen LogP contribution in [0.2, 0.25) is 0 Å². The van der Waals surface area contributed by atoms with Gasteiger partial charge in [-0.3, -0.25) is 0 Å². The van der Waals surface area contributed by atoms with E-state index in [4.69, 9.17) is 5.73 Å². The van der Waals surface area contributed by atoms with Crippen LogP contribution in [0.15, 0.2) is 6.33 Å². The van der Waals surface area contributed by atoms with Crippen LogP contribution in [-0.2, 0) is 0 Å². The molecule has 0 saturated heterocycles. The molecule has 48 valence electrons. The molecule has 0 aromatic carbocycles. The molecule has 0 spiro atoms. The van der Waals surface area contributed by atoms with Crippen LogP contribution in [0.1, 0.15) is 0 Å². The number of aromatic nitrogens is 2. The summed E-state index contributed by atoms with van der Waals surface area (Å²) in [5, 5.41) is 0. The van der Waals surface area contributed by atoms with Gasteiger partial charge in [0.05, 0.1) is 0 Å². The van der Waals surface area contributed by atoms with Gasteiger partial charge in [0.25, 0.3) is 5.95 Å². The van der Waals surface area contributed by atoms with Gasteiger partial charge in [-0.1, -0.05) is 0 Å². The van der Waals surface area contributed by atoms with Crippen LogP contribution in [0, 0.1) is 11.8 Å². The molecule has 0 radical (unpaired) electrons. The summed E-state index contributed by atoms with van der Waals surface area (Å²) in [6, 6.07) is 0. The van der Waals surface area contributed by atoms with Gasteiger partial charge in [0.15, 0.2) is 5.82 Å². The first-order valence-corrected chi connectivity index (χ1v) is 2.13. The fraction of sp³-hybridized carbons (Fsp3) is 0. The summed E-state index contributed by atoms with van der Waals surface area (Å²) < 4.78 is 24.1. The highest BCUT2D eigenvalue weighted by molar-refractivity contribution is 5.26. The van der Waals surface area contributed by atoms with E-state index in [1.54, 1.807) is 0 Å². The Morgan fingerprint density at radius 2 is 2.00 bits per heavy atom. The summed E-state index contributed by atoms with van der Waals surface area (Å²) in [6.45, 7) is 0. The van der Waals surface area contributed by atoms with Crippen LogP contribution in [0.5, 0.6) is 0 Å². The number of halogens is 2. The van der Waals surface area contributed by atoms with Crippen LogP contribution in [0.25, 0.3) is 0 Å². The molecule has 5 heteroatoms. The SMILES string of the molecule is Nc1ncnc(F)c1F. The zero-order valence-electron chi connectivity index (χ0n) is 4.31. The van der Waals surface area contributed by atoms with E-state index in [0.717, 1.165) is 6.33 Å². The molecule has 0 aliphatic heterocycles. The van der Waals surface area contributed by atoms with Crippen molar-refractivity contribution in [2.45, 2.75) is 0 Å². The minimum atomic E-state index is -1.22. The van der Waals surface area contributed by atoms with Crippen LogP contribution in [-0.4, -0.2) is 9.97 Å². The molecule has 0 atom stereocenters. The van der Waals surface area contributed by atoms with E-state index in [-0.39, 0.29) is 0 Å². The van der Waals surface area contributed by atoms with Crippen molar-refractivity contribution < 1.29 is 8.78 Å². The minimum absolute atomic E-state index is 0.470. The number of hydrogen-bond donors (Lipinski definition) is 1. The van der Waals surface area contributed by atoms with E-state index in [2.05, 4.69) is 9.97 Å². The second-order valence-electron chi connectivity index (χ2n) is 1.36. The largest absolute Gasteiger partial charge is 0.381 e. The highest BCUT2D eigenvalue weighted by atomic mass is 19.2. The van der Waals surface area contributed by atoms with E-state index in [1.807, 2.05) is 0 Å². The Kier molecular flexibility index (Phi) is 1.26. The summed E-state index contributed by atoms with van der Waals surface area (Å²) >= 11 is 0. The lowest BCUT2D eigenvalue weighted by molar-refractivity contribution is 0.477. The third-order valence-corrected chi connectivity index (χ3v) is 0.774. The van der Waals surface area contributed by atoms with Gasteiger partial charge in [0.2, 0.25) is 5.82 Å². The van der Waals surface area contributed by atoms with Crippen molar-refractivity contribution in [2.75, 3.05) is 5.73 Å². The van der Waals surface area contributed by atoms with Gasteiger partial charge in [-0.25, -0.2) is 9.97 Å². The van der Waals surface area contributed by atoms with Gasteiger partial charge in [-0.05, 0) is 0 Å². The topological polar surface area (TPSA) is 51.8 Å². The smallest absolute Gasteiger partial charge is 0.254 e. The quantitative estimate of drug-likeness (QED) is 0.516. The van der Waals surface area contributed by atoms with Gasteiger partial charge >= 0.3 is 0 Å². The summed E-state index contributed by atoms with van der Waals surface area (Å²) in [4.78, 5) is 6.10. The molecule has 0 fully saturated rings. The molecule has 0 amide bonds. The maximum atomic E-state index is 12.1. The summed E-state index contributed by atoms with van der Waals surface area (Å²) in [5.41, 5.74) is 4.85. The van der Waals surface area contributed by atoms with Crippen LogP contribution < -0.4 is 5.73 Å². The van der Waals surface area contributed by atoms with Gasteiger partial charge in [0, 0.05) is 0 Å². The lowest BCUT2D eigenvalue weighted by Gasteiger charge is -1.91. The highest BCUT2D eigenvalue weighted by Gasteiger charge is 2.05. The van der Waals surface area contributed by atoms with Crippen molar-refractivity contribution in [3.05, 3.63) is 18.1 Å². The van der Waals surface area contributed by atoms with Crippen molar-refractivity contribution in [3.63, 3.8) is 0 Å². The van der Waals surface area contributed by atoms with Gasteiger partial charge in [0.1, 0.15) is 6.33 Å². The second kappa shape index (κ2) is 1.93. The molecule has 0 aliphatic carbocycles. The minimum Gasteiger partial charge on any atom is -0.381 e. The molecule has 1 aromatic rings. The molecule has 0 aliphatic rings. The average molecular weight is 131 g/mol. The van der Waals surface area contributed by atoms with Gasteiger partial charge in [-0.15, -0.1) is 0 Å². The number of nitrogen functional groups attached to an aromatic ring is 1. The first kappa shape index (κ1) is 5.87. The molecular weight excluding hydrogens is 128 g/mol. The summed E-state index contributed by atoms with van der Waals surface area (Å²) in [7, 11) is 0. The Morgan fingerprint density at radius 1 is 1.33 bits per heavy atom. The first-order chi connectivity index (χ1) is 4.22.